The fourth-order valence-electron chi connectivity index (χ4n) is 1.97. The molecule has 0 aliphatic carbocycles. The molecular weight excluding hydrogens is 298 g/mol. The number of methoxy groups -OCH3 is 2. The van der Waals surface area contributed by atoms with Gasteiger partial charge in [-0.2, -0.15) is 11.3 Å². The summed E-state index contributed by atoms with van der Waals surface area (Å²) in [7, 11) is 3.25. The van der Waals surface area contributed by atoms with Crippen LogP contribution in [0.15, 0.2) is 47.2 Å². The first kappa shape index (κ1) is 16.3. The van der Waals surface area contributed by atoms with Crippen LogP contribution in [0.2, 0.25) is 0 Å². The van der Waals surface area contributed by atoms with Gasteiger partial charge in [-0.25, -0.2) is 0 Å². The van der Waals surface area contributed by atoms with E-state index >= 15 is 0 Å². The minimum atomic E-state index is -0.214. The van der Waals surface area contributed by atoms with Crippen molar-refractivity contribution in [2.24, 2.45) is 0 Å². The first-order valence-electron chi connectivity index (χ1n) is 6.88. The summed E-state index contributed by atoms with van der Waals surface area (Å²) in [5.74, 6) is 0.624. The number of ether oxygens (including phenoxy) is 2. The van der Waals surface area contributed by atoms with Gasteiger partial charge < -0.3 is 14.8 Å². The lowest BCUT2D eigenvalue weighted by atomic mass is 10.1. The lowest BCUT2D eigenvalue weighted by Gasteiger charge is -2.16. The molecule has 2 aromatic rings. The first-order valence-corrected chi connectivity index (χ1v) is 7.82. The zero-order chi connectivity index (χ0) is 15.8. The molecule has 1 atom stereocenters. The lowest BCUT2D eigenvalue weighted by Crippen LogP contribution is -2.27. The molecule has 0 unspecified atom stereocenters. The van der Waals surface area contributed by atoms with E-state index in [2.05, 4.69) is 5.32 Å². The van der Waals surface area contributed by atoms with E-state index in [0.29, 0.717) is 6.54 Å². The van der Waals surface area contributed by atoms with E-state index in [1.165, 1.54) is 6.08 Å². The van der Waals surface area contributed by atoms with Crippen LogP contribution in [0.25, 0.3) is 6.08 Å². The number of amides is 1. The van der Waals surface area contributed by atoms with E-state index < -0.39 is 0 Å². The van der Waals surface area contributed by atoms with Crippen LogP contribution in [-0.2, 0) is 9.53 Å². The van der Waals surface area contributed by atoms with Crippen LogP contribution < -0.4 is 10.1 Å². The summed E-state index contributed by atoms with van der Waals surface area (Å²) in [5.41, 5.74) is 1.99. The van der Waals surface area contributed by atoms with Crippen LogP contribution in [0, 0.1) is 0 Å². The van der Waals surface area contributed by atoms with Crippen molar-refractivity contribution in [1.29, 1.82) is 0 Å². The monoisotopic (exact) mass is 317 g/mol. The van der Waals surface area contributed by atoms with Crippen LogP contribution in [0.4, 0.5) is 0 Å². The van der Waals surface area contributed by atoms with Gasteiger partial charge in [0.1, 0.15) is 5.75 Å². The highest BCUT2D eigenvalue weighted by Crippen LogP contribution is 2.20. The second-order valence-electron chi connectivity index (χ2n) is 4.64. The molecule has 1 aromatic carbocycles. The number of hydrogen-bond acceptors (Lipinski definition) is 4. The third kappa shape index (κ3) is 4.72. The van der Waals surface area contributed by atoms with Gasteiger partial charge in [-0.05, 0) is 46.2 Å². The number of thiophene rings is 1. The quantitative estimate of drug-likeness (QED) is 0.797. The molecule has 1 N–H and O–H groups in total. The summed E-state index contributed by atoms with van der Waals surface area (Å²) in [6.07, 6.45) is 3.10. The molecule has 0 spiro atoms. The average molecular weight is 317 g/mol. The summed E-state index contributed by atoms with van der Waals surface area (Å²) in [6.45, 7) is 0.399. The molecule has 0 aliphatic rings. The van der Waals surface area contributed by atoms with E-state index in [-0.39, 0.29) is 12.0 Å². The van der Waals surface area contributed by atoms with Crippen molar-refractivity contribution in [3.63, 3.8) is 0 Å². The van der Waals surface area contributed by atoms with Crippen molar-refractivity contribution < 1.29 is 14.3 Å². The van der Waals surface area contributed by atoms with Crippen molar-refractivity contribution in [2.45, 2.75) is 6.10 Å². The molecular formula is C17H19NO3S. The van der Waals surface area contributed by atoms with Gasteiger partial charge in [0.2, 0.25) is 5.91 Å². The summed E-state index contributed by atoms with van der Waals surface area (Å²) in [6, 6.07) is 9.59. The Labute approximate surface area is 134 Å². The average Bonchev–Trinajstić information content (AvgIpc) is 3.07. The molecule has 5 heteroatoms. The molecule has 0 radical (unpaired) electrons. The molecule has 0 saturated carbocycles. The third-order valence-corrected chi connectivity index (χ3v) is 3.88. The number of benzene rings is 1. The van der Waals surface area contributed by atoms with Gasteiger partial charge in [0.05, 0.1) is 13.2 Å². The Morgan fingerprint density at radius 3 is 2.91 bits per heavy atom. The maximum absolute atomic E-state index is 11.8. The molecule has 0 fully saturated rings. The molecule has 4 nitrogen and oxygen atoms in total. The topological polar surface area (TPSA) is 47.6 Å². The summed E-state index contributed by atoms with van der Waals surface area (Å²) >= 11 is 1.60. The Kier molecular flexibility index (Phi) is 6.18. The second kappa shape index (κ2) is 8.36. The zero-order valence-electron chi connectivity index (χ0n) is 12.6. The molecule has 0 saturated heterocycles. The lowest BCUT2D eigenvalue weighted by molar-refractivity contribution is -0.117. The highest BCUT2D eigenvalue weighted by molar-refractivity contribution is 7.08. The molecule has 22 heavy (non-hydrogen) atoms. The van der Waals surface area contributed by atoms with Gasteiger partial charge >= 0.3 is 0 Å². The Hall–Kier alpha value is -2.11. The Morgan fingerprint density at radius 2 is 2.23 bits per heavy atom. The maximum atomic E-state index is 11.8. The van der Waals surface area contributed by atoms with Crippen molar-refractivity contribution in [3.05, 3.63) is 58.3 Å². The molecule has 0 bridgehead atoms. The number of carbonyl (C=O) groups is 1. The van der Waals surface area contributed by atoms with Gasteiger partial charge in [0, 0.05) is 19.7 Å². The number of nitrogens with one attached hydrogen (secondary N) is 1. The van der Waals surface area contributed by atoms with Crippen molar-refractivity contribution in [1.82, 2.24) is 5.32 Å². The predicted molar refractivity (Wildman–Crippen MR) is 89.1 cm³/mol. The Morgan fingerprint density at radius 1 is 1.36 bits per heavy atom. The highest BCUT2D eigenvalue weighted by atomic mass is 32.1. The molecule has 116 valence electrons. The smallest absolute Gasteiger partial charge is 0.244 e. The Balaban J connectivity index is 1.91. The number of carbonyl (C=O) groups excluding carboxylic acids is 1. The van der Waals surface area contributed by atoms with Crippen LogP contribution in [0.3, 0.4) is 0 Å². The molecule has 2 rings (SSSR count). The minimum Gasteiger partial charge on any atom is -0.497 e. The van der Waals surface area contributed by atoms with Gasteiger partial charge in [-0.3, -0.25) is 4.79 Å². The molecule has 1 amide bonds. The van der Waals surface area contributed by atoms with Crippen LogP contribution in [-0.4, -0.2) is 26.7 Å². The third-order valence-electron chi connectivity index (χ3n) is 3.18. The maximum Gasteiger partial charge on any atom is 0.244 e. The molecule has 1 heterocycles. The Bertz CT molecular complexity index is 623. The molecule has 1 aromatic heterocycles. The minimum absolute atomic E-state index is 0.142. The summed E-state index contributed by atoms with van der Waals surface area (Å²) in [5, 5.41) is 6.80. The summed E-state index contributed by atoms with van der Waals surface area (Å²) in [4.78, 5) is 11.8. The number of rotatable bonds is 7. The van der Waals surface area contributed by atoms with Gasteiger partial charge in [-0.15, -0.1) is 0 Å². The fraction of sp³-hybridized carbons (Fsp3) is 0.235. The van der Waals surface area contributed by atoms with E-state index in [1.54, 1.807) is 31.6 Å². The highest BCUT2D eigenvalue weighted by Gasteiger charge is 2.12. The predicted octanol–water partition coefficient (Wildman–Crippen LogP) is 3.27. The summed E-state index contributed by atoms with van der Waals surface area (Å²) < 4.78 is 10.6. The van der Waals surface area contributed by atoms with Gasteiger partial charge in [0.25, 0.3) is 0 Å². The normalized spacial score (nSPS) is 12.3. The van der Waals surface area contributed by atoms with Gasteiger partial charge in [0.15, 0.2) is 0 Å². The zero-order valence-corrected chi connectivity index (χ0v) is 13.4. The van der Waals surface area contributed by atoms with E-state index in [4.69, 9.17) is 9.47 Å². The second-order valence-corrected chi connectivity index (χ2v) is 5.42. The van der Waals surface area contributed by atoms with Crippen molar-refractivity contribution in [2.75, 3.05) is 20.8 Å². The first-order chi connectivity index (χ1) is 10.7. The van der Waals surface area contributed by atoms with E-state index in [0.717, 1.165) is 16.9 Å². The number of hydrogen-bond donors (Lipinski definition) is 1. The largest absolute Gasteiger partial charge is 0.497 e. The van der Waals surface area contributed by atoms with E-state index in [1.807, 2.05) is 41.1 Å². The van der Waals surface area contributed by atoms with Crippen LogP contribution in [0.1, 0.15) is 17.2 Å². The van der Waals surface area contributed by atoms with Gasteiger partial charge in [-0.1, -0.05) is 12.1 Å². The SMILES string of the molecule is COc1cccc([C@@H](CNC(=O)/C=C/c2ccsc2)OC)c1. The van der Waals surface area contributed by atoms with Crippen molar-refractivity contribution in [3.8, 4) is 5.75 Å². The van der Waals surface area contributed by atoms with Crippen LogP contribution in [0.5, 0.6) is 5.75 Å². The van der Waals surface area contributed by atoms with Crippen LogP contribution >= 0.6 is 11.3 Å². The standard InChI is InChI=1S/C17H19NO3S/c1-20-15-5-3-4-14(10-15)16(21-2)11-18-17(19)7-6-13-8-9-22-12-13/h3-10,12,16H,11H2,1-2H3,(H,18,19)/b7-6+/t16-/m1/s1. The van der Waals surface area contributed by atoms with Crippen molar-refractivity contribution >= 4 is 23.3 Å². The molecule has 0 aliphatic heterocycles. The fourth-order valence-corrected chi connectivity index (χ4v) is 2.60. The van der Waals surface area contributed by atoms with E-state index in [9.17, 15) is 4.79 Å².